The lowest BCUT2D eigenvalue weighted by molar-refractivity contribution is -0.112. The standard InChI is InChI=1S/C33H37N5O3/c1-23-20-24(2)34-30(21-23)37-17-15-36(16-18-37)28-12-10-27(11-13-28)35-33(40)32(39)31-26(14-19-41-4)22-25(3)38(31)29-8-6-5-7-9-29/h5-13,20-22H,14-19H2,1-4H3,(H,35,40). The van der Waals surface area contributed by atoms with E-state index in [9.17, 15) is 9.59 Å². The van der Waals surface area contributed by atoms with E-state index in [4.69, 9.17) is 9.72 Å². The van der Waals surface area contributed by atoms with E-state index in [2.05, 4.69) is 34.2 Å². The van der Waals surface area contributed by atoms with E-state index in [1.807, 2.05) is 79.1 Å². The molecule has 1 amide bonds. The zero-order valence-electron chi connectivity index (χ0n) is 24.2. The predicted molar refractivity (Wildman–Crippen MR) is 164 cm³/mol. The maximum Gasteiger partial charge on any atom is 0.298 e. The van der Waals surface area contributed by atoms with Crippen LogP contribution >= 0.6 is 0 Å². The van der Waals surface area contributed by atoms with E-state index in [1.165, 1.54) is 5.56 Å². The first kappa shape index (κ1) is 28.1. The van der Waals surface area contributed by atoms with E-state index in [0.29, 0.717) is 24.4 Å². The molecule has 2 aromatic heterocycles. The first-order valence-electron chi connectivity index (χ1n) is 14.0. The highest BCUT2D eigenvalue weighted by molar-refractivity contribution is 6.46. The fourth-order valence-electron chi connectivity index (χ4n) is 5.49. The van der Waals surface area contributed by atoms with Gasteiger partial charge >= 0.3 is 0 Å². The van der Waals surface area contributed by atoms with Crippen molar-refractivity contribution in [2.75, 3.05) is 55.0 Å². The normalized spacial score (nSPS) is 13.4. The highest BCUT2D eigenvalue weighted by Crippen LogP contribution is 2.25. The smallest absolute Gasteiger partial charge is 0.298 e. The van der Waals surface area contributed by atoms with Gasteiger partial charge in [0, 0.05) is 61.7 Å². The molecule has 0 bridgehead atoms. The van der Waals surface area contributed by atoms with E-state index in [0.717, 1.165) is 60.3 Å². The number of aryl methyl sites for hydroxylation is 3. The Labute approximate surface area is 241 Å². The molecule has 1 aliphatic heterocycles. The Balaban J connectivity index is 1.27. The number of carbonyl (C=O) groups is 2. The van der Waals surface area contributed by atoms with Crippen molar-refractivity contribution < 1.29 is 14.3 Å². The fraction of sp³-hybridized carbons (Fsp3) is 0.303. The molecule has 1 N–H and O–H groups in total. The number of amides is 1. The van der Waals surface area contributed by atoms with Crippen molar-refractivity contribution in [3.8, 4) is 5.69 Å². The minimum absolute atomic E-state index is 0.371. The molecule has 8 nitrogen and oxygen atoms in total. The van der Waals surface area contributed by atoms with Crippen LogP contribution in [0, 0.1) is 20.8 Å². The lowest BCUT2D eigenvalue weighted by atomic mass is 10.1. The Hall–Kier alpha value is -4.43. The van der Waals surface area contributed by atoms with Gasteiger partial charge in [-0.2, -0.15) is 0 Å². The molecule has 0 aliphatic carbocycles. The molecule has 1 saturated heterocycles. The lowest BCUT2D eigenvalue weighted by Crippen LogP contribution is -2.46. The third-order valence-electron chi connectivity index (χ3n) is 7.45. The molecule has 1 fully saturated rings. The quantitative estimate of drug-likeness (QED) is 0.229. The Kier molecular flexibility index (Phi) is 8.50. The number of benzene rings is 2. The molecule has 1 aliphatic rings. The summed E-state index contributed by atoms with van der Waals surface area (Å²) in [6.45, 7) is 10.0. The Morgan fingerprint density at radius 2 is 1.54 bits per heavy atom. The number of rotatable bonds is 9. The monoisotopic (exact) mass is 551 g/mol. The minimum atomic E-state index is -0.665. The molecule has 0 saturated carbocycles. The molecule has 212 valence electrons. The lowest BCUT2D eigenvalue weighted by Gasteiger charge is -2.37. The minimum Gasteiger partial charge on any atom is -0.384 e. The highest BCUT2D eigenvalue weighted by atomic mass is 16.5. The number of ketones is 1. The Morgan fingerprint density at radius 1 is 0.854 bits per heavy atom. The van der Waals surface area contributed by atoms with Gasteiger partial charge in [-0.3, -0.25) is 9.59 Å². The van der Waals surface area contributed by atoms with Crippen LogP contribution in [0.2, 0.25) is 0 Å². The maximum absolute atomic E-state index is 13.6. The summed E-state index contributed by atoms with van der Waals surface area (Å²) in [5.74, 6) is -0.210. The third kappa shape index (κ3) is 6.33. The molecule has 5 rings (SSSR count). The zero-order chi connectivity index (χ0) is 28.9. The van der Waals surface area contributed by atoms with E-state index < -0.39 is 11.7 Å². The summed E-state index contributed by atoms with van der Waals surface area (Å²) in [6, 6.07) is 23.5. The maximum atomic E-state index is 13.6. The second-order valence-electron chi connectivity index (χ2n) is 10.5. The summed E-state index contributed by atoms with van der Waals surface area (Å²) in [7, 11) is 1.63. The molecular weight excluding hydrogens is 514 g/mol. The van der Waals surface area contributed by atoms with Gasteiger partial charge in [0.2, 0.25) is 0 Å². The predicted octanol–water partition coefficient (Wildman–Crippen LogP) is 5.13. The van der Waals surface area contributed by atoms with E-state index in [-0.39, 0.29) is 0 Å². The average molecular weight is 552 g/mol. The molecule has 0 radical (unpaired) electrons. The van der Waals surface area contributed by atoms with Crippen LogP contribution in [0.1, 0.15) is 33.0 Å². The molecule has 41 heavy (non-hydrogen) atoms. The first-order valence-corrected chi connectivity index (χ1v) is 14.0. The van der Waals surface area contributed by atoms with Crippen LogP contribution in [0.3, 0.4) is 0 Å². The number of piperazine rings is 1. The van der Waals surface area contributed by atoms with Gasteiger partial charge in [0.1, 0.15) is 11.5 Å². The van der Waals surface area contributed by atoms with Crippen LogP contribution in [0.4, 0.5) is 17.2 Å². The number of pyridine rings is 1. The van der Waals surface area contributed by atoms with Crippen molar-refractivity contribution >= 4 is 28.9 Å². The number of nitrogens with zero attached hydrogens (tertiary/aromatic N) is 4. The summed E-state index contributed by atoms with van der Waals surface area (Å²) in [4.78, 5) is 36.1. The Morgan fingerprint density at radius 3 is 2.20 bits per heavy atom. The van der Waals surface area contributed by atoms with Gasteiger partial charge in [0.25, 0.3) is 11.7 Å². The summed E-state index contributed by atoms with van der Waals surface area (Å²) >= 11 is 0. The van der Waals surface area contributed by atoms with Crippen molar-refractivity contribution in [2.24, 2.45) is 0 Å². The second kappa shape index (κ2) is 12.4. The molecule has 4 aromatic rings. The largest absolute Gasteiger partial charge is 0.384 e. The number of hydrogen-bond acceptors (Lipinski definition) is 6. The van der Waals surface area contributed by atoms with Crippen molar-refractivity contribution in [1.82, 2.24) is 9.55 Å². The van der Waals surface area contributed by atoms with Gasteiger partial charge in [-0.25, -0.2) is 4.98 Å². The van der Waals surface area contributed by atoms with E-state index in [1.54, 1.807) is 7.11 Å². The first-order chi connectivity index (χ1) is 19.8. The Bertz CT molecular complexity index is 1500. The van der Waals surface area contributed by atoms with Gasteiger partial charge in [0.05, 0.1) is 6.61 Å². The molecule has 0 spiro atoms. The van der Waals surface area contributed by atoms with Crippen molar-refractivity contribution in [1.29, 1.82) is 0 Å². The van der Waals surface area contributed by atoms with Crippen LogP contribution in [0.15, 0.2) is 72.8 Å². The molecule has 0 atom stereocenters. The number of para-hydroxylation sites is 1. The molecule has 0 unspecified atom stereocenters. The number of hydrogen-bond donors (Lipinski definition) is 1. The van der Waals surface area contributed by atoms with Crippen molar-refractivity contribution in [3.63, 3.8) is 0 Å². The topological polar surface area (TPSA) is 79.7 Å². The van der Waals surface area contributed by atoms with Crippen LogP contribution in [0.5, 0.6) is 0 Å². The fourth-order valence-corrected chi connectivity index (χ4v) is 5.49. The molecular formula is C33H37N5O3. The average Bonchev–Trinajstić information content (AvgIpc) is 3.31. The van der Waals surface area contributed by atoms with Crippen LogP contribution in [-0.2, 0) is 16.0 Å². The number of aromatic nitrogens is 2. The number of Topliss-reactive ketones (excluding diaryl/α,β-unsaturated/α-hetero) is 1. The number of methoxy groups -OCH3 is 1. The SMILES string of the molecule is COCCc1cc(C)n(-c2ccccc2)c1C(=O)C(=O)Nc1ccc(N2CCN(c3cc(C)cc(C)n3)CC2)cc1. The molecule has 2 aromatic carbocycles. The number of carbonyl (C=O) groups excluding carboxylic acids is 2. The second-order valence-corrected chi connectivity index (χ2v) is 10.5. The third-order valence-corrected chi connectivity index (χ3v) is 7.45. The van der Waals surface area contributed by atoms with Crippen LogP contribution in [0.25, 0.3) is 5.69 Å². The van der Waals surface area contributed by atoms with E-state index >= 15 is 0 Å². The van der Waals surface area contributed by atoms with Gasteiger partial charge in [-0.1, -0.05) is 18.2 Å². The molecule has 8 heteroatoms. The van der Waals surface area contributed by atoms with Crippen molar-refractivity contribution in [3.05, 3.63) is 101 Å². The molecule has 3 heterocycles. The zero-order valence-corrected chi connectivity index (χ0v) is 24.2. The van der Waals surface area contributed by atoms with Crippen LogP contribution in [-0.4, -0.2) is 61.1 Å². The van der Waals surface area contributed by atoms with Crippen LogP contribution < -0.4 is 15.1 Å². The summed E-state index contributed by atoms with van der Waals surface area (Å²) in [5, 5.41) is 2.81. The highest BCUT2D eigenvalue weighted by Gasteiger charge is 2.26. The number of anilines is 3. The summed E-state index contributed by atoms with van der Waals surface area (Å²) < 4.78 is 7.11. The van der Waals surface area contributed by atoms with Gasteiger partial charge in [-0.15, -0.1) is 0 Å². The number of ether oxygens (including phenoxy) is 1. The van der Waals surface area contributed by atoms with Gasteiger partial charge < -0.3 is 24.4 Å². The summed E-state index contributed by atoms with van der Waals surface area (Å²) in [6.07, 6.45) is 0.535. The van der Waals surface area contributed by atoms with Crippen molar-refractivity contribution in [2.45, 2.75) is 27.2 Å². The van der Waals surface area contributed by atoms with Gasteiger partial charge in [0.15, 0.2) is 0 Å². The van der Waals surface area contributed by atoms with Gasteiger partial charge in [-0.05, 0) is 92.9 Å². The number of nitrogens with one attached hydrogen (secondary N) is 1. The summed E-state index contributed by atoms with van der Waals surface area (Å²) in [5.41, 5.74) is 6.80.